The van der Waals surface area contributed by atoms with Crippen LogP contribution in [0.5, 0.6) is 0 Å². The summed E-state index contributed by atoms with van der Waals surface area (Å²) >= 11 is 0. The van der Waals surface area contributed by atoms with Crippen LogP contribution in [0.4, 0.5) is 0 Å². The first-order chi connectivity index (χ1) is 7.92. The minimum absolute atomic E-state index is 0.0831. The molecule has 5 nitrogen and oxygen atoms in total. The molecule has 100 valence electrons. The Balaban J connectivity index is 2.20. The highest BCUT2D eigenvalue weighted by Gasteiger charge is 2.31. The van der Waals surface area contributed by atoms with E-state index in [1.165, 1.54) is 0 Å². The summed E-state index contributed by atoms with van der Waals surface area (Å²) < 4.78 is 23.0. The van der Waals surface area contributed by atoms with Gasteiger partial charge in [-0.05, 0) is 12.8 Å². The van der Waals surface area contributed by atoms with Crippen LogP contribution in [0.25, 0.3) is 0 Å². The number of carbonyl (C=O) groups excluding carboxylic acids is 1. The SMILES string of the molecule is CC(C)NCCC(=O)NCC1CCCS1(=O)=O. The van der Waals surface area contributed by atoms with Gasteiger partial charge in [0.05, 0.1) is 11.0 Å². The molecule has 6 heteroatoms. The largest absolute Gasteiger partial charge is 0.355 e. The molecule has 1 fully saturated rings. The number of hydrogen-bond acceptors (Lipinski definition) is 4. The van der Waals surface area contributed by atoms with Gasteiger partial charge < -0.3 is 10.6 Å². The second kappa shape index (κ2) is 6.35. The molecule has 1 atom stereocenters. The molecule has 0 aromatic heterocycles. The molecule has 0 radical (unpaired) electrons. The van der Waals surface area contributed by atoms with Crippen LogP contribution in [0, 0.1) is 0 Å². The van der Waals surface area contributed by atoms with Crippen molar-refractivity contribution in [2.45, 2.75) is 44.4 Å². The van der Waals surface area contributed by atoms with Gasteiger partial charge in [0.25, 0.3) is 0 Å². The molecular weight excluding hydrogens is 240 g/mol. The number of nitrogens with one attached hydrogen (secondary N) is 2. The minimum atomic E-state index is -2.95. The van der Waals surface area contributed by atoms with Gasteiger partial charge in [-0.15, -0.1) is 0 Å². The zero-order chi connectivity index (χ0) is 12.9. The lowest BCUT2D eigenvalue weighted by Gasteiger charge is -2.11. The van der Waals surface area contributed by atoms with E-state index in [0.717, 1.165) is 6.42 Å². The average molecular weight is 262 g/mol. The highest BCUT2D eigenvalue weighted by molar-refractivity contribution is 7.92. The Morgan fingerprint density at radius 2 is 2.12 bits per heavy atom. The van der Waals surface area contributed by atoms with Crippen molar-refractivity contribution in [1.82, 2.24) is 10.6 Å². The average Bonchev–Trinajstić information content (AvgIpc) is 2.54. The zero-order valence-electron chi connectivity index (χ0n) is 10.5. The lowest BCUT2D eigenvalue weighted by Crippen LogP contribution is -2.36. The number of sulfone groups is 1. The zero-order valence-corrected chi connectivity index (χ0v) is 11.3. The van der Waals surface area contributed by atoms with Crippen LogP contribution in [0.2, 0.25) is 0 Å². The molecule has 1 saturated heterocycles. The molecule has 1 aliphatic rings. The van der Waals surface area contributed by atoms with E-state index in [9.17, 15) is 13.2 Å². The molecule has 0 aromatic carbocycles. The van der Waals surface area contributed by atoms with Crippen LogP contribution in [0.1, 0.15) is 33.1 Å². The molecule has 17 heavy (non-hydrogen) atoms. The Bertz CT molecular complexity index is 352. The predicted molar refractivity (Wildman–Crippen MR) is 67.6 cm³/mol. The summed E-state index contributed by atoms with van der Waals surface area (Å²) in [6.07, 6.45) is 1.79. The van der Waals surface area contributed by atoms with Crippen LogP contribution in [-0.4, -0.2) is 44.5 Å². The van der Waals surface area contributed by atoms with Gasteiger partial charge in [0.15, 0.2) is 9.84 Å². The molecule has 2 N–H and O–H groups in total. The van der Waals surface area contributed by atoms with E-state index in [0.29, 0.717) is 25.4 Å². The monoisotopic (exact) mass is 262 g/mol. The van der Waals surface area contributed by atoms with Crippen LogP contribution in [-0.2, 0) is 14.6 Å². The Morgan fingerprint density at radius 3 is 2.65 bits per heavy atom. The van der Waals surface area contributed by atoms with Gasteiger partial charge in [-0.2, -0.15) is 0 Å². The molecule has 0 bridgehead atoms. The first kappa shape index (κ1) is 14.4. The van der Waals surface area contributed by atoms with Gasteiger partial charge in [-0.25, -0.2) is 8.42 Å². The maximum atomic E-state index is 11.5. The highest BCUT2D eigenvalue weighted by Crippen LogP contribution is 2.18. The Kier molecular flexibility index (Phi) is 5.39. The highest BCUT2D eigenvalue weighted by atomic mass is 32.2. The molecule has 1 amide bonds. The second-order valence-corrected chi connectivity index (χ2v) is 7.19. The summed E-state index contributed by atoms with van der Waals surface area (Å²) in [7, 11) is -2.95. The van der Waals surface area contributed by atoms with Gasteiger partial charge >= 0.3 is 0 Å². The van der Waals surface area contributed by atoms with Crippen molar-refractivity contribution in [2.24, 2.45) is 0 Å². The van der Waals surface area contributed by atoms with Crippen LogP contribution in [0.3, 0.4) is 0 Å². The van der Waals surface area contributed by atoms with E-state index in [1.807, 2.05) is 13.8 Å². The molecule has 0 saturated carbocycles. The van der Waals surface area contributed by atoms with Crippen molar-refractivity contribution in [2.75, 3.05) is 18.8 Å². The lowest BCUT2D eigenvalue weighted by molar-refractivity contribution is -0.120. The second-order valence-electron chi connectivity index (χ2n) is 4.79. The first-order valence-electron chi connectivity index (χ1n) is 6.13. The van der Waals surface area contributed by atoms with E-state index < -0.39 is 9.84 Å². The molecule has 1 rings (SSSR count). The van der Waals surface area contributed by atoms with Gasteiger partial charge in [-0.3, -0.25) is 4.79 Å². The van der Waals surface area contributed by atoms with Gasteiger partial charge in [-0.1, -0.05) is 13.8 Å². The molecule has 0 aliphatic carbocycles. The fraction of sp³-hybridized carbons (Fsp3) is 0.909. The lowest BCUT2D eigenvalue weighted by atomic mass is 10.2. The van der Waals surface area contributed by atoms with Crippen molar-refractivity contribution in [3.05, 3.63) is 0 Å². The summed E-state index contributed by atoms with van der Waals surface area (Å²) in [6.45, 7) is 4.93. The summed E-state index contributed by atoms with van der Waals surface area (Å²) in [5, 5.41) is 5.47. The van der Waals surface area contributed by atoms with E-state index in [1.54, 1.807) is 0 Å². The predicted octanol–water partition coefficient (Wildman–Crippen LogP) is 0.0679. The first-order valence-corrected chi connectivity index (χ1v) is 7.85. The van der Waals surface area contributed by atoms with Crippen molar-refractivity contribution in [3.63, 3.8) is 0 Å². The van der Waals surface area contributed by atoms with Crippen LogP contribution >= 0.6 is 0 Å². The maximum Gasteiger partial charge on any atom is 0.221 e. The van der Waals surface area contributed by atoms with Crippen molar-refractivity contribution >= 4 is 15.7 Å². The molecule has 1 aliphatic heterocycles. The Hall–Kier alpha value is -0.620. The van der Waals surface area contributed by atoms with Gasteiger partial charge in [0, 0.05) is 25.6 Å². The van der Waals surface area contributed by atoms with Gasteiger partial charge in [0.1, 0.15) is 0 Å². The number of carbonyl (C=O) groups is 1. The quantitative estimate of drug-likeness (QED) is 0.710. The third-order valence-corrected chi connectivity index (χ3v) is 5.17. The van der Waals surface area contributed by atoms with Crippen molar-refractivity contribution in [1.29, 1.82) is 0 Å². The Labute approximate surface area is 103 Å². The number of hydrogen-bond donors (Lipinski definition) is 2. The molecule has 0 spiro atoms. The third-order valence-electron chi connectivity index (χ3n) is 2.89. The summed E-state index contributed by atoms with van der Waals surface area (Å²) in [5.74, 6) is 0.183. The smallest absolute Gasteiger partial charge is 0.221 e. The summed E-state index contributed by atoms with van der Waals surface area (Å²) in [4.78, 5) is 11.4. The fourth-order valence-electron chi connectivity index (χ4n) is 1.88. The van der Waals surface area contributed by atoms with E-state index in [-0.39, 0.29) is 23.5 Å². The minimum Gasteiger partial charge on any atom is -0.355 e. The third kappa shape index (κ3) is 5.04. The van der Waals surface area contributed by atoms with Gasteiger partial charge in [0.2, 0.25) is 5.91 Å². The molecule has 0 aromatic rings. The standard InChI is InChI=1S/C11H22N2O3S/c1-9(2)12-6-5-11(14)13-8-10-4-3-7-17(10,15)16/h9-10,12H,3-8H2,1-2H3,(H,13,14). The number of amides is 1. The van der Waals surface area contributed by atoms with Crippen molar-refractivity contribution in [3.8, 4) is 0 Å². The van der Waals surface area contributed by atoms with Crippen molar-refractivity contribution < 1.29 is 13.2 Å². The van der Waals surface area contributed by atoms with E-state index >= 15 is 0 Å². The van der Waals surface area contributed by atoms with E-state index in [2.05, 4.69) is 10.6 Å². The maximum absolute atomic E-state index is 11.5. The van der Waals surface area contributed by atoms with Crippen LogP contribution < -0.4 is 10.6 Å². The molecule has 1 heterocycles. The molecular formula is C11H22N2O3S. The normalized spacial score (nSPS) is 22.9. The summed E-state index contributed by atoms with van der Waals surface area (Å²) in [5.41, 5.74) is 0. The summed E-state index contributed by atoms with van der Waals surface area (Å²) in [6, 6.07) is 0.359. The number of rotatable bonds is 6. The van der Waals surface area contributed by atoms with E-state index in [4.69, 9.17) is 0 Å². The Morgan fingerprint density at radius 1 is 1.41 bits per heavy atom. The molecule has 1 unspecified atom stereocenters. The fourth-order valence-corrected chi connectivity index (χ4v) is 3.64. The topological polar surface area (TPSA) is 75.3 Å². The van der Waals surface area contributed by atoms with Crippen LogP contribution in [0.15, 0.2) is 0 Å².